The quantitative estimate of drug-likeness (QED) is 0.500. The maximum Gasteiger partial charge on any atom is 0.125 e. The maximum absolute atomic E-state index is 6.18. The molecule has 0 aromatic heterocycles. The van der Waals surface area contributed by atoms with Crippen LogP contribution in [0.5, 0.6) is 0 Å². The van der Waals surface area contributed by atoms with Crippen LogP contribution in [0.4, 0.5) is 0 Å². The second-order valence-electron chi connectivity index (χ2n) is 3.95. The van der Waals surface area contributed by atoms with Gasteiger partial charge in [0, 0.05) is 0 Å². The number of rotatable bonds is 0. The van der Waals surface area contributed by atoms with E-state index < -0.39 is 4.33 Å². The van der Waals surface area contributed by atoms with Gasteiger partial charge in [0.25, 0.3) is 0 Å². The summed E-state index contributed by atoms with van der Waals surface area (Å²) in [4.78, 5) is 0. The summed E-state index contributed by atoms with van der Waals surface area (Å²) in [5, 5.41) is 0. The Labute approximate surface area is 72.9 Å². The van der Waals surface area contributed by atoms with Gasteiger partial charge < -0.3 is 0 Å². The van der Waals surface area contributed by atoms with Crippen molar-refractivity contribution in [2.24, 2.45) is 11.3 Å². The summed E-state index contributed by atoms with van der Waals surface area (Å²) >= 11 is 12.4. The maximum atomic E-state index is 6.18. The Hall–Kier alpha value is 0.580. The summed E-state index contributed by atoms with van der Waals surface area (Å²) in [6.45, 7) is 6.39. The molecule has 0 radical (unpaired) electrons. The van der Waals surface area contributed by atoms with E-state index in [4.69, 9.17) is 23.2 Å². The lowest BCUT2D eigenvalue weighted by atomic mass is 9.89. The summed E-state index contributed by atoms with van der Waals surface area (Å²) in [5.41, 5.74) is 0.0928. The van der Waals surface area contributed by atoms with E-state index in [1.165, 1.54) is 0 Å². The Kier molecular flexibility index (Phi) is 1.98. The van der Waals surface area contributed by atoms with E-state index in [9.17, 15) is 0 Å². The molecule has 10 heavy (non-hydrogen) atoms. The molecule has 0 spiro atoms. The molecule has 1 saturated carbocycles. The smallest absolute Gasteiger partial charge is 0.101 e. The van der Waals surface area contributed by atoms with Gasteiger partial charge in [-0.15, -0.1) is 23.2 Å². The Morgan fingerprint density at radius 3 is 1.90 bits per heavy atom. The van der Waals surface area contributed by atoms with Gasteiger partial charge >= 0.3 is 0 Å². The van der Waals surface area contributed by atoms with Gasteiger partial charge in [-0.05, 0) is 24.2 Å². The van der Waals surface area contributed by atoms with Crippen LogP contribution in [0.3, 0.4) is 0 Å². The second-order valence-corrected chi connectivity index (χ2v) is 5.33. The first-order chi connectivity index (χ1) is 4.38. The highest BCUT2D eigenvalue weighted by atomic mass is 35.5. The molecule has 1 atom stereocenters. The molecule has 1 aliphatic rings. The second kappa shape index (κ2) is 2.28. The Morgan fingerprint density at radius 1 is 1.30 bits per heavy atom. The Balaban J connectivity index is 2.84. The molecule has 1 fully saturated rings. The molecular formula is C8H14Cl2. The molecular weight excluding hydrogens is 167 g/mol. The van der Waals surface area contributed by atoms with Crippen LogP contribution in [0.1, 0.15) is 33.6 Å². The molecule has 0 aromatic carbocycles. The summed E-state index contributed by atoms with van der Waals surface area (Å²) in [5.74, 6) is 0.436. The average Bonchev–Trinajstić information content (AvgIpc) is 1.94. The van der Waals surface area contributed by atoms with Gasteiger partial charge in [0.05, 0.1) is 0 Å². The van der Waals surface area contributed by atoms with E-state index in [1.807, 2.05) is 0 Å². The topological polar surface area (TPSA) is 0 Å². The minimum atomic E-state index is -0.507. The predicted octanol–water partition coefficient (Wildman–Crippen LogP) is 3.62. The number of hydrogen-bond donors (Lipinski definition) is 0. The van der Waals surface area contributed by atoms with Gasteiger partial charge in [0.15, 0.2) is 0 Å². The molecule has 1 rings (SSSR count). The third kappa shape index (κ3) is 1.06. The van der Waals surface area contributed by atoms with Gasteiger partial charge in [-0.25, -0.2) is 0 Å². The molecule has 0 aromatic rings. The first-order valence-corrected chi connectivity index (χ1v) is 4.51. The SMILES string of the molecule is C[C@@H]1CCC(C)(C)C1(Cl)Cl. The zero-order chi connectivity index (χ0) is 7.99. The lowest BCUT2D eigenvalue weighted by Gasteiger charge is -2.32. The van der Waals surface area contributed by atoms with E-state index >= 15 is 0 Å². The van der Waals surface area contributed by atoms with Crippen LogP contribution < -0.4 is 0 Å². The van der Waals surface area contributed by atoms with E-state index in [1.54, 1.807) is 0 Å². The number of halogens is 2. The van der Waals surface area contributed by atoms with Crippen LogP contribution in [-0.2, 0) is 0 Å². The predicted molar refractivity (Wildman–Crippen MR) is 46.6 cm³/mol. The van der Waals surface area contributed by atoms with Crippen LogP contribution in [0.25, 0.3) is 0 Å². The minimum Gasteiger partial charge on any atom is -0.101 e. The molecule has 60 valence electrons. The molecule has 0 heterocycles. The van der Waals surface area contributed by atoms with Crippen molar-refractivity contribution in [3.05, 3.63) is 0 Å². The fourth-order valence-electron chi connectivity index (χ4n) is 1.59. The van der Waals surface area contributed by atoms with E-state index in [0.717, 1.165) is 12.8 Å². The molecule has 1 aliphatic carbocycles. The van der Waals surface area contributed by atoms with Gasteiger partial charge in [-0.3, -0.25) is 0 Å². The molecule has 0 unspecified atom stereocenters. The van der Waals surface area contributed by atoms with Crippen molar-refractivity contribution in [1.82, 2.24) is 0 Å². The van der Waals surface area contributed by atoms with Crippen molar-refractivity contribution >= 4 is 23.2 Å². The van der Waals surface area contributed by atoms with Crippen molar-refractivity contribution in [2.75, 3.05) is 0 Å². The Morgan fingerprint density at radius 2 is 1.80 bits per heavy atom. The van der Waals surface area contributed by atoms with Crippen molar-refractivity contribution in [2.45, 2.75) is 37.9 Å². The summed E-state index contributed by atoms with van der Waals surface area (Å²) in [6.07, 6.45) is 2.29. The summed E-state index contributed by atoms with van der Waals surface area (Å²) in [7, 11) is 0. The zero-order valence-corrected chi connectivity index (χ0v) is 8.26. The first kappa shape index (κ1) is 8.67. The van der Waals surface area contributed by atoms with Crippen molar-refractivity contribution < 1.29 is 0 Å². The normalized spacial score (nSPS) is 36.3. The van der Waals surface area contributed by atoms with E-state index in [-0.39, 0.29) is 5.41 Å². The standard InChI is InChI=1S/C8H14Cl2/c1-6-4-5-7(2,3)8(6,9)10/h6H,4-5H2,1-3H3/t6-/m1/s1. The fraction of sp³-hybridized carbons (Fsp3) is 1.00. The third-order valence-electron chi connectivity index (χ3n) is 2.72. The highest BCUT2D eigenvalue weighted by molar-refractivity contribution is 6.49. The van der Waals surface area contributed by atoms with Gasteiger partial charge in [-0.1, -0.05) is 20.8 Å². The number of hydrogen-bond acceptors (Lipinski definition) is 0. The Bertz CT molecular complexity index is 138. The monoisotopic (exact) mass is 180 g/mol. The fourth-order valence-corrected chi connectivity index (χ4v) is 2.00. The average molecular weight is 181 g/mol. The van der Waals surface area contributed by atoms with Crippen molar-refractivity contribution in [3.63, 3.8) is 0 Å². The van der Waals surface area contributed by atoms with E-state index in [2.05, 4.69) is 20.8 Å². The molecule has 0 saturated heterocycles. The molecule has 0 N–H and O–H groups in total. The largest absolute Gasteiger partial charge is 0.125 e. The van der Waals surface area contributed by atoms with E-state index in [0.29, 0.717) is 5.92 Å². The van der Waals surface area contributed by atoms with Gasteiger partial charge in [-0.2, -0.15) is 0 Å². The number of alkyl halides is 2. The van der Waals surface area contributed by atoms with Crippen LogP contribution in [0.15, 0.2) is 0 Å². The van der Waals surface area contributed by atoms with Crippen LogP contribution in [0, 0.1) is 11.3 Å². The minimum absolute atomic E-state index is 0.0928. The third-order valence-corrected chi connectivity index (χ3v) is 4.49. The molecule has 0 amide bonds. The summed E-state index contributed by atoms with van der Waals surface area (Å²) in [6, 6.07) is 0. The lowest BCUT2D eigenvalue weighted by Crippen LogP contribution is -2.32. The van der Waals surface area contributed by atoms with Crippen molar-refractivity contribution in [3.8, 4) is 0 Å². The molecule has 0 bridgehead atoms. The van der Waals surface area contributed by atoms with Crippen molar-refractivity contribution in [1.29, 1.82) is 0 Å². The summed E-state index contributed by atoms with van der Waals surface area (Å²) < 4.78 is -0.507. The van der Waals surface area contributed by atoms with Gasteiger partial charge in [0.2, 0.25) is 0 Å². The van der Waals surface area contributed by atoms with Crippen LogP contribution in [0.2, 0.25) is 0 Å². The first-order valence-electron chi connectivity index (χ1n) is 3.76. The van der Waals surface area contributed by atoms with Crippen LogP contribution in [-0.4, -0.2) is 4.33 Å². The highest BCUT2D eigenvalue weighted by Crippen LogP contribution is 2.56. The molecule has 0 aliphatic heterocycles. The zero-order valence-electron chi connectivity index (χ0n) is 6.75. The molecule has 0 nitrogen and oxygen atoms in total. The van der Waals surface area contributed by atoms with Crippen LogP contribution >= 0.6 is 23.2 Å². The van der Waals surface area contributed by atoms with Gasteiger partial charge in [0.1, 0.15) is 4.33 Å². The lowest BCUT2D eigenvalue weighted by molar-refractivity contribution is 0.341. The molecule has 2 heteroatoms. The highest BCUT2D eigenvalue weighted by Gasteiger charge is 2.50.